The van der Waals surface area contributed by atoms with Crippen LogP contribution < -0.4 is 10.4 Å². The quantitative estimate of drug-likeness (QED) is 0.792. The third-order valence-corrected chi connectivity index (χ3v) is 5.79. The van der Waals surface area contributed by atoms with Gasteiger partial charge in [0.25, 0.3) is 5.91 Å². The Bertz CT molecular complexity index is 953. The summed E-state index contributed by atoms with van der Waals surface area (Å²) in [5, 5.41) is 9.88. The molecule has 26 heavy (non-hydrogen) atoms. The van der Waals surface area contributed by atoms with Crippen LogP contribution in [0.4, 0.5) is 10.1 Å². The minimum absolute atomic E-state index is 0.113. The molecule has 1 aromatic carbocycles. The highest BCUT2D eigenvalue weighted by atomic mass is 19.1. The Morgan fingerprint density at radius 2 is 2.04 bits per heavy atom. The van der Waals surface area contributed by atoms with E-state index < -0.39 is 12.9 Å². The molecule has 1 amide bonds. The largest absolute Gasteiger partial charge is 0.491 e. The summed E-state index contributed by atoms with van der Waals surface area (Å²) in [5.41, 5.74) is 5.05. The molecule has 3 aliphatic rings. The number of amides is 1. The van der Waals surface area contributed by atoms with Crippen molar-refractivity contribution in [2.24, 2.45) is 5.41 Å². The van der Waals surface area contributed by atoms with E-state index in [0.29, 0.717) is 35.5 Å². The van der Waals surface area contributed by atoms with Gasteiger partial charge in [0, 0.05) is 18.8 Å². The van der Waals surface area contributed by atoms with Crippen molar-refractivity contribution in [3.63, 3.8) is 0 Å². The maximum Gasteiger partial charge on any atom is 0.491 e. The summed E-state index contributed by atoms with van der Waals surface area (Å²) in [4.78, 5) is 14.8. The molecule has 1 aliphatic carbocycles. The molecule has 0 atom stereocenters. The number of anilines is 1. The molecule has 2 aromatic rings. The van der Waals surface area contributed by atoms with Gasteiger partial charge in [0.05, 0.1) is 12.3 Å². The molecule has 3 heterocycles. The van der Waals surface area contributed by atoms with Crippen LogP contribution >= 0.6 is 0 Å². The Balaban J connectivity index is 1.56. The van der Waals surface area contributed by atoms with Crippen molar-refractivity contribution < 1.29 is 18.9 Å². The van der Waals surface area contributed by atoms with Gasteiger partial charge in [-0.15, -0.1) is 0 Å². The number of halogens is 1. The third kappa shape index (κ3) is 2.20. The van der Waals surface area contributed by atoms with E-state index in [1.54, 1.807) is 4.90 Å². The van der Waals surface area contributed by atoms with Gasteiger partial charge in [-0.1, -0.05) is 13.8 Å². The lowest BCUT2D eigenvalue weighted by Crippen LogP contribution is -2.42. The van der Waals surface area contributed by atoms with Crippen molar-refractivity contribution in [2.75, 3.05) is 11.4 Å². The molecule has 7 heteroatoms. The molecule has 1 N–H and O–H groups in total. The molecule has 0 bridgehead atoms. The molecule has 0 saturated carbocycles. The van der Waals surface area contributed by atoms with E-state index in [4.69, 9.17) is 4.65 Å². The Hall–Kier alpha value is -2.12. The zero-order valence-electron chi connectivity index (χ0n) is 14.9. The maximum atomic E-state index is 14.1. The molecule has 5 rings (SSSR count). The van der Waals surface area contributed by atoms with Gasteiger partial charge in [-0.05, 0) is 53.0 Å². The summed E-state index contributed by atoms with van der Waals surface area (Å²) in [6, 6.07) is 4.65. The van der Waals surface area contributed by atoms with Crippen molar-refractivity contribution in [1.29, 1.82) is 0 Å². The Morgan fingerprint density at radius 3 is 2.85 bits per heavy atom. The fourth-order valence-corrected chi connectivity index (χ4v) is 4.65. The van der Waals surface area contributed by atoms with Gasteiger partial charge in [0.2, 0.25) is 0 Å². The zero-order valence-corrected chi connectivity index (χ0v) is 14.9. The van der Waals surface area contributed by atoms with Crippen molar-refractivity contribution in [1.82, 2.24) is 4.57 Å². The first kappa shape index (κ1) is 16.1. The van der Waals surface area contributed by atoms with E-state index in [-0.39, 0.29) is 17.9 Å². The number of hydrogen-bond acceptors (Lipinski definition) is 3. The number of carbonyl (C=O) groups is 1. The van der Waals surface area contributed by atoms with E-state index in [9.17, 15) is 14.2 Å². The van der Waals surface area contributed by atoms with Gasteiger partial charge >= 0.3 is 7.12 Å². The lowest BCUT2D eigenvalue weighted by Gasteiger charge is -2.31. The lowest BCUT2D eigenvalue weighted by atomic mass is 9.79. The Kier molecular flexibility index (Phi) is 3.22. The summed E-state index contributed by atoms with van der Waals surface area (Å²) < 4.78 is 21.4. The fourth-order valence-electron chi connectivity index (χ4n) is 4.65. The molecule has 134 valence electrons. The van der Waals surface area contributed by atoms with E-state index in [1.165, 1.54) is 23.4 Å². The second kappa shape index (κ2) is 5.21. The number of aromatic nitrogens is 1. The standard InChI is InChI=1S/C19H20BFN2O3/c1-19(2)8-11-5-16-18(24)23(4-3-22(16)17(11)9-19)15-7-12(21)6-14-13(15)10-26-20(14)25/h5-7,25H,3-4,8-10H2,1-2H3. The molecule has 1 aromatic heterocycles. The number of hydrogen-bond donors (Lipinski definition) is 1. The smallest absolute Gasteiger partial charge is 0.423 e. The molecule has 0 fully saturated rings. The normalized spacial score (nSPS) is 20.4. The predicted molar refractivity (Wildman–Crippen MR) is 96.1 cm³/mol. The second-order valence-electron chi connectivity index (χ2n) is 8.28. The van der Waals surface area contributed by atoms with Crippen LogP contribution in [0, 0.1) is 11.2 Å². The molecule has 0 saturated heterocycles. The van der Waals surface area contributed by atoms with E-state index in [0.717, 1.165) is 12.8 Å². The van der Waals surface area contributed by atoms with Crippen LogP contribution in [0.2, 0.25) is 0 Å². The topological polar surface area (TPSA) is 54.7 Å². The van der Waals surface area contributed by atoms with Gasteiger partial charge in [-0.25, -0.2) is 4.39 Å². The molecule has 0 radical (unpaired) electrons. The predicted octanol–water partition coefficient (Wildman–Crippen LogP) is 1.63. The fraction of sp³-hybridized carbons (Fsp3) is 0.421. The average Bonchev–Trinajstić information content (AvgIpc) is 3.18. The average molecular weight is 354 g/mol. The van der Waals surface area contributed by atoms with Gasteiger partial charge < -0.3 is 19.1 Å². The number of carbonyl (C=O) groups excluding carboxylic acids is 1. The van der Waals surface area contributed by atoms with Crippen LogP contribution in [0.1, 0.15) is 41.2 Å². The van der Waals surface area contributed by atoms with E-state index in [1.807, 2.05) is 6.07 Å². The lowest BCUT2D eigenvalue weighted by molar-refractivity contribution is 0.0963. The number of benzene rings is 1. The molecular weight excluding hydrogens is 334 g/mol. The SMILES string of the molecule is CC1(C)Cc2cc3n(c2C1)CCN(c1cc(F)cc2c1COB2O)C3=O. The van der Waals surface area contributed by atoms with Crippen LogP contribution in [-0.2, 0) is 30.6 Å². The van der Waals surface area contributed by atoms with E-state index >= 15 is 0 Å². The van der Waals surface area contributed by atoms with Gasteiger partial charge in [0.15, 0.2) is 0 Å². The summed E-state index contributed by atoms with van der Waals surface area (Å²) in [7, 11) is -1.13. The highest BCUT2D eigenvalue weighted by Gasteiger charge is 2.38. The molecule has 2 aliphatic heterocycles. The van der Waals surface area contributed by atoms with Gasteiger partial charge in [0.1, 0.15) is 11.5 Å². The third-order valence-electron chi connectivity index (χ3n) is 5.79. The summed E-state index contributed by atoms with van der Waals surface area (Å²) in [6.45, 7) is 5.86. The Morgan fingerprint density at radius 1 is 1.23 bits per heavy atom. The van der Waals surface area contributed by atoms with Crippen molar-refractivity contribution in [3.05, 3.63) is 46.5 Å². The zero-order chi connectivity index (χ0) is 18.2. The summed E-state index contributed by atoms with van der Waals surface area (Å²) in [5.74, 6) is -0.584. The van der Waals surface area contributed by atoms with Crippen LogP contribution in [0.25, 0.3) is 0 Å². The highest BCUT2D eigenvalue weighted by Crippen LogP contribution is 2.39. The molecular formula is C19H20BFN2O3. The second-order valence-corrected chi connectivity index (χ2v) is 8.28. The first-order valence-electron chi connectivity index (χ1n) is 8.99. The Labute approximate surface area is 151 Å². The number of fused-ring (bicyclic) bond motifs is 4. The van der Waals surface area contributed by atoms with Crippen molar-refractivity contribution >= 4 is 24.2 Å². The van der Waals surface area contributed by atoms with E-state index in [2.05, 4.69) is 18.4 Å². The highest BCUT2D eigenvalue weighted by molar-refractivity contribution is 6.61. The first-order valence-corrected chi connectivity index (χ1v) is 8.99. The van der Waals surface area contributed by atoms with Crippen LogP contribution in [0.3, 0.4) is 0 Å². The number of nitrogens with zero attached hydrogens (tertiary/aromatic N) is 2. The van der Waals surface area contributed by atoms with Gasteiger partial charge in [-0.3, -0.25) is 4.79 Å². The van der Waals surface area contributed by atoms with Gasteiger partial charge in [-0.2, -0.15) is 0 Å². The van der Waals surface area contributed by atoms with Crippen LogP contribution in [0.15, 0.2) is 18.2 Å². The molecule has 0 unspecified atom stereocenters. The van der Waals surface area contributed by atoms with Crippen molar-refractivity contribution in [3.8, 4) is 0 Å². The monoisotopic (exact) mass is 354 g/mol. The van der Waals surface area contributed by atoms with Crippen molar-refractivity contribution in [2.45, 2.75) is 39.8 Å². The minimum atomic E-state index is -1.13. The minimum Gasteiger partial charge on any atom is -0.423 e. The first-order chi connectivity index (χ1) is 12.3. The molecule has 5 nitrogen and oxygen atoms in total. The maximum absolute atomic E-state index is 14.1. The summed E-state index contributed by atoms with van der Waals surface area (Å²) in [6.07, 6.45) is 1.95. The number of rotatable bonds is 1. The van der Waals surface area contributed by atoms with Crippen LogP contribution in [0.5, 0.6) is 0 Å². The van der Waals surface area contributed by atoms with Crippen LogP contribution in [-0.4, -0.2) is 29.2 Å². The summed E-state index contributed by atoms with van der Waals surface area (Å²) >= 11 is 0. The molecule has 0 spiro atoms.